The van der Waals surface area contributed by atoms with Gasteiger partial charge in [-0.3, -0.25) is 0 Å². The van der Waals surface area contributed by atoms with Crippen LogP contribution in [0.5, 0.6) is 0 Å². The Morgan fingerprint density at radius 1 is 0.404 bits per heavy atom. The average molecular weight is 1280 g/mol. The zero-order valence-corrected chi connectivity index (χ0v) is 46.3. The van der Waals surface area contributed by atoms with Crippen LogP contribution in [0, 0.1) is 0 Å². The van der Waals surface area contributed by atoms with E-state index in [9.17, 15) is 103 Å². The van der Waals surface area contributed by atoms with Gasteiger partial charge in [0, 0.05) is 62.2 Å². The lowest BCUT2D eigenvalue weighted by atomic mass is 9.55. The Balaban J connectivity index is 1.90. The quantitative estimate of drug-likeness (QED) is 0.0495. The number of aliphatic hydroxyl groups excluding tert-OH is 18. The molecule has 4 heterocycles. The van der Waals surface area contributed by atoms with Gasteiger partial charge < -0.3 is 140 Å². The first-order valence-corrected chi connectivity index (χ1v) is 26.2. The third kappa shape index (κ3) is 17.4. The van der Waals surface area contributed by atoms with Crippen LogP contribution in [0.4, 0.5) is 0 Å². The SMILES string of the molecule is CCC1OC2OC(CCN=[N+]=[N-])C(O)=C(O)C(O)OC3C(O)C4(O)C(OC(CCN=[N+]=[N-])C(O)=C(O)C(O)OC(CCN=[N+]=[N-])C(O)=C(O)C(O)OC(CCN=[N+]=[N-])C(O)=C(O)C(O)OC(CCN=[N+]=[N-])C(O)C(O)C(O)OC1C(O)C2O)OC34CN=[N+]=[N-]. The van der Waals surface area contributed by atoms with Crippen LogP contribution in [-0.2, 0) is 42.6 Å². The van der Waals surface area contributed by atoms with Gasteiger partial charge in [-0.25, -0.2) is 0 Å². The molecule has 0 radical (unpaired) electrons. The topological polar surface area (TPSA) is 760 Å². The summed E-state index contributed by atoms with van der Waals surface area (Å²) in [6, 6.07) is 0. The third-order valence-corrected chi connectivity index (χ3v) is 14.0. The van der Waals surface area contributed by atoms with E-state index in [2.05, 4.69) is 60.2 Å². The van der Waals surface area contributed by atoms with Gasteiger partial charge in [-0.15, -0.1) is 0 Å². The highest BCUT2D eigenvalue weighted by Crippen LogP contribution is 2.60. The summed E-state index contributed by atoms with van der Waals surface area (Å²) in [5.74, 6) is -12.5. The van der Waals surface area contributed by atoms with Crippen LogP contribution < -0.4 is 0 Å². The largest absolute Gasteiger partial charge is 0.506 e. The van der Waals surface area contributed by atoms with E-state index < -0.39 is 252 Å². The number of nitrogens with zero attached hydrogens (tertiary/aromatic N) is 18. The maximum atomic E-state index is 11.9. The fraction of sp³-hybridized carbons (Fsp3) is 0.814. The molecule has 3 fully saturated rings. The fourth-order valence-corrected chi connectivity index (χ4v) is 9.30. The van der Waals surface area contributed by atoms with Gasteiger partial charge in [-0.1, -0.05) is 37.6 Å². The van der Waals surface area contributed by atoms with Crippen molar-refractivity contribution in [2.24, 2.45) is 30.7 Å². The summed E-state index contributed by atoms with van der Waals surface area (Å²) in [7, 11) is 0. The van der Waals surface area contributed by atoms with Crippen molar-refractivity contribution in [1.82, 2.24) is 0 Å². The highest BCUT2D eigenvalue weighted by atomic mass is 16.8. The molecule has 0 aromatic carbocycles. The first-order valence-electron chi connectivity index (χ1n) is 26.2. The van der Waals surface area contributed by atoms with Crippen LogP contribution in [0.25, 0.3) is 62.7 Å². The molecule has 0 aromatic rings. The van der Waals surface area contributed by atoms with Crippen molar-refractivity contribution in [2.75, 3.05) is 39.3 Å². The van der Waals surface area contributed by atoms with E-state index in [0.29, 0.717) is 0 Å². The molecule has 0 aromatic heterocycles. The van der Waals surface area contributed by atoms with Gasteiger partial charge in [0.2, 0.25) is 25.2 Å². The van der Waals surface area contributed by atoms with Crippen LogP contribution >= 0.6 is 0 Å². The summed E-state index contributed by atoms with van der Waals surface area (Å²) in [5.41, 5.74) is 48.6. The molecule has 22 atom stereocenters. The van der Waals surface area contributed by atoms with Gasteiger partial charge in [-0.2, -0.15) is 0 Å². The minimum atomic E-state index is -2.91. The predicted octanol–water partition coefficient (Wildman–Crippen LogP) is 0.190. The molecule has 89 heavy (non-hydrogen) atoms. The zero-order valence-electron chi connectivity index (χ0n) is 46.3. The first-order chi connectivity index (χ1) is 42.2. The number of rotatable bonds is 18. The number of fused-ring (bicyclic) bond motifs is 23. The van der Waals surface area contributed by atoms with E-state index in [0.717, 1.165) is 0 Å². The predicted molar refractivity (Wildman–Crippen MR) is 282 cm³/mol. The molecule has 0 spiro atoms. The first kappa shape index (κ1) is 73.9. The summed E-state index contributed by atoms with van der Waals surface area (Å²) in [4.78, 5) is 15.2. The molecule has 0 amide bonds. The van der Waals surface area contributed by atoms with Crippen molar-refractivity contribution < 1.29 is 140 Å². The Morgan fingerprint density at radius 2 is 0.787 bits per heavy atom. The van der Waals surface area contributed by atoms with Gasteiger partial charge >= 0.3 is 0 Å². The number of hydrogen-bond donors (Lipinski definition) is 19. The third-order valence-electron chi connectivity index (χ3n) is 14.0. The summed E-state index contributed by atoms with van der Waals surface area (Å²) in [6.45, 7) is -2.88. The zero-order chi connectivity index (χ0) is 66.5. The molecular formula is C43H66N18O28. The second kappa shape index (κ2) is 34.4. The molecule has 46 heteroatoms. The van der Waals surface area contributed by atoms with Crippen molar-refractivity contribution in [3.8, 4) is 0 Å². The van der Waals surface area contributed by atoms with Gasteiger partial charge in [0.1, 0.15) is 72.7 Å². The maximum Gasteiger partial charge on any atom is 0.218 e. The lowest BCUT2D eigenvalue weighted by Gasteiger charge is -2.72. The normalized spacial score (nSPS) is 37.4. The van der Waals surface area contributed by atoms with Crippen molar-refractivity contribution in [1.29, 1.82) is 0 Å². The molecule has 496 valence electrons. The van der Waals surface area contributed by atoms with E-state index in [1.807, 2.05) is 0 Å². The summed E-state index contributed by atoms with van der Waals surface area (Å²) in [5, 5.41) is 233. The second-order valence-corrected chi connectivity index (χ2v) is 19.3. The van der Waals surface area contributed by atoms with Crippen LogP contribution in [0.2, 0.25) is 0 Å². The second-order valence-electron chi connectivity index (χ2n) is 19.3. The average Bonchev–Trinajstić information content (AvgIpc) is 0.658. The van der Waals surface area contributed by atoms with Gasteiger partial charge in [0.05, 0.1) is 18.8 Å². The van der Waals surface area contributed by atoms with E-state index in [1.54, 1.807) is 0 Å². The molecule has 1 saturated carbocycles. The van der Waals surface area contributed by atoms with Crippen molar-refractivity contribution >= 4 is 0 Å². The van der Waals surface area contributed by atoms with E-state index in [1.165, 1.54) is 6.92 Å². The van der Waals surface area contributed by atoms with Crippen molar-refractivity contribution in [2.45, 2.75) is 180 Å². The molecule has 2 saturated heterocycles. The Bertz CT molecular complexity index is 2830. The number of azide groups is 6. The Kier molecular flexibility index (Phi) is 28.6. The number of aliphatic hydroxyl groups is 19. The Labute approximate surface area is 497 Å². The monoisotopic (exact) mass is 1280 g/mol. The van der Waals surface area contributed by atoms with E-state index in [-0.39, 0.29) is 6.42 Å². The molecule has 46 nitrogen and oxygen atoms in total. The van der Waals surface area contributed by atoms with Crippen LogP contribution in [0.1, 0.15) is 45.4 Å². The summed E-state index contributed by atoms with van der Waals surface area (Å²) < 4.78 is 49.3. The van der Waals surface area contributed by atoms with Crippen LogP contribution in [0.3, 0.4) is 0 Å². The minimum absolute atomic E-state index is 0.223. The fourth-order valence-electron chi connectivity index (χ4n) is 9.30. The summed E-state index contributed by atoms with van der Waals surface area (Å²) >= 11 is 0. The molecule has 4 aliphatic heterocycles. The Morgan fingerprint density at radius 3 is 1.20 bits per heavy atom. The maximum absolute atomic E-state index is 11.9. The molecular weight excluding hydrogens is 1220 g/mol. The highest BCUT2D eigenvalue weighted by molar-refractivity contribution is 5.33. The molecule has 4 bridgehead atoms. The molecule has 5 rings (SSSR count). The lowest BCUT2D eigenvalue weighted by Crippen LogP contribution is -2.96. The van der Waals surface area contributed by atoms with Crippen molar-refractivity contribution in [3.63, 3.8) is 0 Å². The minimum Gasteiger partial charge on any atom is -0.506 e. The standard InChI is InChI=1S/C43H66N18O28/c1-2-14-32-25(67)31(73)40(84-14)85-18(6-11-53-59-47)23(65)30(72)39(79)88-34-33(74)43(80)41(89-42(34,43)13-55-61-49)86-19(7-12-54-60-48)24(66)28(70)37(77)82-16(4-9-51-57-45)21(63)26(68)35(75)81-15(3-8-50-56-44)20(62)27(69)36(76)83-17(5-10-52-58-46)22(64)29(71)38(78)87-32/h14-19,22,25,29,31-41,62-80H,2-13H2,1H3. The molecule has 1 aliphatic carbocycles. The van der Waals surface area contributed by atoms with Crippen LogP contribution in [0.15, 0.2) is 76.8 Å². The number of ether oxygens (including phenoxy) is 9. The van der Waals surface area contributed by atoms with Gasteiger partial charge in [-0.05, 0) is 71.7 Å². The van der Waals surface area contributed by atoms with E-state index in [4.69, 9.17) is 70.3 Å². The molecule has 5 aliphatic rings. The number of hydrogen-bond acceptors (Lipinski definition) is 34. The van der Waals surface area contributed by atoms with Crippen LogP contribution in [-0.4, -0.2) is 271 Å². The van der Waals surface area contributed by atoms with Crippen molar-refractivity contribution in [3.05, 3.63) is 109 Å². The summed E-state index contributed by atoms with van der Waals surface area (Å²) in [6.07, 6.45) is -50.6. The van der Waals surface area contributed by atoms with Gasteiger partial charge in [0.25, 0.3) is 0 Å². The Hall–Kier alpha value is -7.58. The molecule has 22 unspecified atom stereocenters. The highest BCUT2D eigenvalue weighted by Gasteiger charge is 2.85. The smallest absolute Gasteiger partial charge is 0.218 e. The lowest BCUT2D eigenvalue weighted by molar-refractivity contribution is -0.526. The molecule has 19 N–H and O–H groups in total. The van der Waals surface area contributed by atoms with E-state index >= 15 is 0 Å². The van der Waals surface area contributed by atoms with Gasteiger partial charge in [0.15, 0.2) is 70.5 Å².